The van der Waals surface area contributed by atoms with E-state index < -0.39 is 0 Å². The second kappa shape index (κ2) is 5.67. The lowest BCUT2D eigenvalue weighted by Crippen LogP contribution is -1.93. The van der Waals surface area contributed by atoms with Gasteiger partial charge in [0.15, 0.2) is 0 Å². The van der Waals surface area contributed by atoms with Gasteiger partial charge >= 0.3 is 0 Å². The molecule has 2 aromatic carbocycles. The quantitative estimate of drug-likeness (QED) is 0.565. The number of fused-ring (bicyclic) bond motifs is 1. The predicted octanol–water partition coefficient (Wildman–Crippen LogP) is 4.53. The van der Waals surface area contributed by atoms with Gasteiger partial charge < -0.3 is 0 Å². The molecule has 1 N–H and O–H groups in total. The zero-order valence-corrected chi connectivity index (χ0v) is 13.2. The highest BCUT2D eigenvalue weighted by molar-refractivity contribution is 5.79. The molecule has 0 aliphatic rings. The van der Waals surface area contributed by atoms with Crippen molar-refractivity contribution in [1.29, 1.82) is 0 Å². The third kappa shape index (κ3) is 2.25. The molecule has 0 aliphatic carbocycles. The largest absolute Gasteiger partial charge is 0.294 e. The van der Waals surface area contributed by atoms with Crippen LogP contribution in [0.5, 0.6) is 0 Å². The number of aryl methyl sites for hydroxylation is 1. The Bertz CT molecular complexity index is 1010. The molecule has 2 aromatic heterocycles. The molecule has 5 nitrogen and oxygen atoms in total. The average Bonchev–Trinajstić information content (AvgIpc) is 3.25. The fourth-order valence-electron chi connectivity index (χ4n) is 2.81. The van der Waals surface area contributed by atoms with Crippen LogP contribution in [-0.2, 0) is 6.42 Å². The first-order valence-corrected chi connectivity index (χ1v) is 7.80. The van der Waals surface area contributed by atoms with Crippen molar-refractivity contribution in [3.63, 3.8) is 0 Å². The van der Waals surface area contributed by atoms with Gasteiger partial charge in [-0.15, -0.1) is 0 Å². The summed E-state index contributed by atoms with van der Waals surface area (Å²) >= 11 is 0. The summed E-state index contributed by atoms with van der Waals surface area (Å²) < 4.78 is 1.87. The van der Waals surface area contributed by atoms with Crippen LogP contribution >= 0.6 is 0 Å². The highest BCUT2D eigenvalue weighted by Gasteiger charge is 2.14. The number of rotatable bonds is 3. The molecular weight excluding hydrogens is 298 g/mol. The Hall–Kier alpha value is -3.39. The summed E-state index contributed by atoms with van der Waals surface area (Å²) in [6, 6.07) is 16.0. The van der Waals surface area contributed by atoms with Crippen molar-refractivity contribution in [3.05, 3.63) is 71.8 Å². The lowest BCUT2D eigenvalue weighted by Gasteiger charge is -2.03. The average molecular weight is 313 g/mol. The van der Waals surface area contributed by atoms with Crippen molar-refractivity contribution in [2.45, 2.75) is 13.3 Å². The Morgan fingerprint density at radius 3 is 2.62 bits per heavy atom. The van der Waals surface area contributed by atoms with Crippen molar-refractivity contribution in [2.24, 2.45) is 0 Å². The molecular formula is C19H15N5. The number of hydrogen-bond donors (Lipinski definition) is 1. The van der Waals surface area contributed by atoms with Crippen molar-refractivity contribution >= 4 is 16.6 Å². The highest BCUT2D eigenvalue weighted by Crippen LogP contribution is 2.32. The SMILES string of the molecule is [C-]#[N+]c1c(-c2ccc(-n3cc4ccccc4n3)cc2)n[nH]c1CC. The van der Waals surface area contributed by atoms with Crippen LogP contribution in [-0.4, -0.2) is 20.0 Å². The molecule has 0 bridgehead atoms. The number of H-pyrrole nitrogens is 1. The van der Waals surface area contributed by atoms with E-state index in [1.165, 1.54) is 0 Å². The fraction of sp³-hybridized carbons (Fsp3) is 0.105. The van der Waals surface area contributed by atoms with Crippen molar-refractivity contribution in [1.82, 2.24) is 20.0 Å². The molecule has 0 saturated heterocycles. The van der Waals surface area contributed by atoms with Crippen LogP contribution in [0.4, 0.5) is 5.69 Å². The van der Waals surface area contributed by atoms with Gasteiger partial charge in [-0.05, 0) is 30.2 Å². The molecule has 0 atom stereocenters. The van der Waals surface area contributed by atoms with Crippen LogP contribution in [0.15, 0.2) is 54.7 Å². The molecule has 0 spiro atoms. The van der Waals surface area contributed by atoms with E-state index in [0.29, 0.717) is 11.4 Å². The molecule has 0 radical (unpaired) electrons. The number of nitrogens with zero attached hydrogens (tertiary/aromatic N) is 4. The minimum atomic E-state index is 0.607. The Kier molecular flexibility index (Phi) is 3.36. The minimum absolute atomic E-state index is 0.607. The van der Waals surface area contributed by atoms with Gasteiger partial charge in [0.05, 0.1) is 23.5 Å². The van der Waals surface area contributed by atoms with Crippen LogP contribution in [0.1, 0.15) is 12.6 Å². The van der Waals surface area contributed by atoms with Crippen molar-refractivity contribution < 1.29 is 0 Å². The van der Waals surface area contributed by atoms with Crippen LogP contribution < -0.4 is 0 Å². The van der Waals surface area contributed by atoms with E-state index in [0.717, 1.165) is 34.3 Å². The monoisotopic (exact) mass is 313 g/mol. The van der Waals surface area contributed by atoms with Gasteiger partial charge in [0.1, 0.15) is 0 Å². The maximum Gasteiger partial charge on any atom is 0.234 e. The molecule has 0 saturated carbocycles. The Balaban J connectivity index is 1.73. The molecule has 0 amide bonds. The second-order valence-corrected chi connectivity index (χ2v) is 5.54. The maximum atomic E-state index is 7.38. The molecule has 0 unspecified atom stereocenters. The first kappa shape index (κ1) is 14.2. The third-order valence-electron chi connectivity index (χ3n) is 4.10. The summed E-state index contributed by atoms with van der Waals surface area (Å²) in [4.78, 5) is 3.63. The molecule has 0 aliphatic heterocycles. The number of aromatic amines is 1. The van der Waals surface area contributed by atoms with Gasteiger partial charge in [0, 0.05) is 17.3 Å². The van der Waals surface area contributed by atoms with Gasteiger partial charge in [-0.25, -0.2) is 9.53 Å². The smallest absolute Gasteiger partial charge is 0.234 e. The zero-order chi connectivity index (χ0) is 16.5. The topological polar surface area (TPSA) is 50.9 Å². The molecule has 4 rings (SSSR count). The van der Waals surface area contributed by atoms with Gasteiger partial charge in [-0.1, -0.05) is 37.3 Å². The van der Waals surface area contributed by atoms with Crippen molar-refractivity contribution in [3.8, 4) is 16.9 Å². The van der Waals surface area contributed by atoms with E-state index in [9.17, 15) is 0 Å². The maximum absolute atomic E-state index is 7.38. The highest BCUT2D eigenvalue weighted by atomic mass is 15.3. The molecule has 2 heterocycles. The van der Waals surface area contributed by atoms with E-state index >= 15 is 0 Å². The van der Waals surface area contributed by atoms with Gasteiger partial charge in [0.25, 0.3) is 0 Å². The van der Waals surface area contributed by atoms with Crippen molar-refractivity contribution in [2.75, 3.05) is 0 Å². The summed E-state index contributed by atoms with van der Waals surface area (Å²) in [7, 11) is 0. The van der Waals surface area contributed by atoms with Gasteiger partial charge in [-0.3, -0.25) is 5.10 Å². The first-order valence-electron chi connectivity index (χ1n) is 7.80. The Morgan fingerprint density at radius 2 is 1.92 bits per heavy atom. The lowest BCUT2D eigenvalue weighted by atomic mass is 10.1. The minimum Gasteiger partial charge on any atom is -0.294 e. The number of benzene rings is 2. The lowest BCUT2D eigenvalue weighted by molar-refractivity contribution is 0.896. The normalized spacial score (nSPS) is 10.8. The number of nitrogens with one attached hydrogen (secondary N) is 1. The molecule has 116 valence electrons. The van der Waals surface area contributed by atoms with E-state index in [-0.39, 0.29) is 0 Å². The van der Waals surface area contributed by atoms with E-state index in [4.69, 9.17) is 6.57 Å². The Labute approximate surface area is 139 Å². The first-order chi connectivity index (χ1) is 11.8. The van der Waals surface area contributed by atoms with Crippen LogP contribution in [0.3, 0.4) is 0 Å². The Morgan fingerprint density at radius 1 is 1.12 bits per heavy atom. The number of hydrogen-bond acceptors (Lipinski definition) is 2. The van der Waals surface area contributed by atoms with E-state index in [2.05, 4.69) is 20.1 Å². The van der Waals surface area contributed by atoms with E-state index in [1.807, 2.05) is 66.3 Å². The summed E-state index contributed by atoms with van der Waals surface area (Å²) in [5, 5.41) is 13.0. The van der Waals surface area contributed by atoms with Crippen LogP contribution in [0.2, 0.25) is 0 Å². The molecule has 5 heteroatoms. The molecule has 0 fully saturated rings. The summed E-state index contributed by atoms with van der Waals surface area (Å²) in [5.74, 6) is 0. The summed E-state index contributed by atoms with van der Waals surface area (Å²) in [6.45, 7) is 9.40. The van der Waals surface area contributed by atoms with E-state index in [1.54, 1.807) is 0 Å². The van der Waals surface area contributed by atoms with Gasteiger partial charge in [0.2, 0.25) is 5.69 Å². The van der Waals surface area contributed by atoms with Crippen LogP contribution in [0.25, 0.3) is 32.7 Å². The predicted molar refractivity (Wildman–Crippen MR) is 94.3 cm³/mol. The van der Waals surface area contributed by atoms with Crippen LogP contribution in [0, 0.1) is 6.57 Å². The number of aromatic nitrogens is 4. The standard InChI is InChI=1S/C19H15N5/c1-3-16-19(20-2)18(22-21-16)13-8-10-15(11-9-13)24-12-14-6-4-5-7-17(14)23-24/h4-12H,3H2,1H3,(H,21,22). The summed E-state index contributed by atoms with van der Waals surface area (Å²) in [5.41, 5.74) is 5.07. The zero-order valence-electron chi connectivity index (χ0n) is 13.2. The summed E-state index contributed by atoms with van der Waals surface area (Å²) in [6.07, 6.45) is 2.78. The third-order valence-corrected chi connectivity index (χ3v) is 4.10. The second-order valence-electron chi connectivity index (χ2n) is 5.54. The molecule has 4 aromatic rings. The fourth-order valence-corrected chi connectivity index (χ4v) is 2.81. The molecule has 24 heavy (non-hydrogen) atoms. The van der Waals surface area contributed by atoms with Gasteiger partial charge in [-0.2, -0.15) is 10.2 Å².